The smallest absolute Gasteiger partial charge is 0.238 e. The molecule has 1 N–H and O–H groups in total. The number of piperidine rings is 1. The third-order valence-electron chi connectivity index (χ3n) is 5.98. The number of hydrogen-bond acceptors (Lipinski definition) is 3. The van der Waals surface area contributed by atoms with E-state index in [2.05, 4.69) is 46.6 Å². The summed E-state index contributed by atoms with van der Waals surface area (Å²) in [6, 6.07) is 20.8. The van der Waals surface area contributed by atoms with Crippen LogP contribution in [0, 0.1) is 0 Å². The number of thiocarbonyl (C=S) groups is 1. The van der Waals surface area contributed by atoms with Crippen molar-refractivity contribution in [1.29, 1.82) is 0 Å². The minimum atomic E-state index is -0.224. The SMILES string of the molecule is O=C1CNC2(CCN(C(=S)CCc3ccccc3)CC2)N1Cc1ccccc1. The predicted octanol–water partition coefficient (Wildman–Crippen LogP) is 3.37. The van der Waals surface area contributed by atoms with Gasteiger partial charge in [-0.1, -0.05) is 72.9 Å². The van der Waals surface area contributed by atoms with Crippen LogP contribution in [0.1, 0.15) is 30.4 Å². The predicted molar refractivity (Wildman–Crippen MR) is 116 cm³/mol. The summed E-state index contributed by atoms with van der Waals surface area (Å²) in [5, 5.41) is 3.52. The fourth-order valence-corrected chi connectivity index (χ4v) is 4.59. The fraction of sp³-hybridized carbons (Fsp3) is 0.391. The van der Waals surface area contributed by atoms with Crippen LogP contribution in [0.3, 0.4) is 0 Å². The highest BCUT2D eigenvalue weighted by Crippen LogP contribution is 2.32. The van der Waals surface area contributed by atoms with Gasteiger partial charge in [0, 0.05) is 38.9 Å². The van der Waals surface area contributed by atoms with Gasteiger partial charge >= 0.3 is 0 Å². The summed E-state index contributed by atoms with van der Waals surface area (Å²) in [6.07, 6.45) is 3.72. The van der Waals surface area contributed by atoms with E-state index in [1.165, 1.54) is 11.1 Å². The van der Waals surface area contributed by atoms with Gasteiger partial charge in [0.25, 0.3) is 0 Å². The minimum Gasteiger partial charge on any atom is -0.366 e. The third kappa shape index (κ3) is 4.10. The number of nitrogens with zero attached hydrogens (tertiary/aromatic N) is 2. The number of nitrogens with one attached hydrogen (secondary N) is 1. The number of amides is 1. The number of benzene rings is 2. The summed E-state index contributed by atoms with van der Waals surface area (Å²) in [5.41, 5.74) is 2.29. The maximum atomic E-state index is 12.6. The Hall–Kier alpha value is -2.24. The highest BCUT2D eigenvalue weighted by molar-refractivity contribution is 7.80. The van der Waals surface area contributed by atoms with E-state index >= 15 is 0 Å². The molecule has 0 aliphatic carbocycles. The van der Waals surface area contributed by atoms with E-state index in [4.69, 9.17) is 12.2 Å². The lowest BCUT2D eigenvalue weighted by molar-refractivity contribution is -0.132. The lowest BCUT2D eigenvalue weighted by atomic mass is 9.95. The molecule has 0 radical (unpaired) electrons. The van der Waals surface area contributed by atoms with E-state index < -0.39 is 0 Å². The summed E-state index contributed by atoms with van der Waals surface area (Å²) in [4.78, 5) is 18.0. The van der Waals surface area contributed by atoms with Crippen LogP contribution >= 0.6 is 12.2 Å². The second kappa shape index (κ2) is 8.41. The van der Waals surface area contributed by atoms with Crippen LogP contribution in [0.25, 0.3) is 0 Å². The molecule has 1 spiro atoms. The molecule has 0 unspecified atom stereocenters. The summed E-state index contributed by atoms with van der Waals surface area (Å²) >= 11 is 5.72. The second-order valence-corrected chi connectivity index (χ2v) is 8.19. The molecular weight excluding hydrogens is 366 g/mol. The van der Waals surface area contributed by atoms with Crippen LogP contribution in [0.2, 0.25) is 0 Å². The first-order valence-electron chi connectivity index (χ1n) is 10.1. The van der Waals surface area contributed by atoms with Crippen molar-refractivity contribution in [1.82, 2.24) is 15.1 Å². The van der Waals surface area contributed by atoms with E-state index in [1.807, 2.05) is 29.2 Å². The standard InChI is InChI=1S/C23H27N3OS/c27-21-17-24-23(26(21)18-20-9-5-2-6-10-20)13-15-25(16-14-23)22(28)12-11-19-7-3-1-4-8-19/h1-10,24H,11-18H2. The highest BCUT2D eigenvalue weighted by atomic mass is 32.1. The van der Waals surface area contributed by atoms with Crippen molar-refractivity contribution in [2.45, 2.75) is 37.9 Å². The molecule has 0 aromatic heterocycles. The molecule has 2 heterocycles. The lowest BCUT2D eigenvalue weighted by Crippen LogP contribution is -2.58. The Morgan fingerprint density at radius 3 is 2.21 bits per heavy atom. The van der Waals surface area contributed by atoms with Gasteiger partial charge in [0.05, 0.1) is 17.2 Å². The summed E-state index contributed by atoms with van der Waals surface area (Å²) in [7, 11) is 0. The average Bonchev–Trinajstić information content (AvgIpc) is 3.04. The summed E-state index contributed by atoms with van der Waals surface area (Å²) in [5.74, 6) is 0.198. The molecule has 0 bridgehead atoms. The van der Waals surface area contributed by atoms with Gasteiger partial charge in [0.1, 0.15) is 0 Å². The molecular formula is C23H27N3OS. The normalized spacial score (nSPS) is 18.6. The van der Waals surface area contributed by atoms with Gasteiger partial charge in [-0.3, -0.25) is 10.1 Å². The van der Waals surface area contributed by atoms with Gasteiger partial charge in [0.2, 0.25) is 5.91 Å². The summed E-state index contributed by atoms with van der Waals surface area (Å²) in [6.45, 7) is 2.91. The van der Waals surface area contributed by atoms with Gasteiger partial charge in [-0.05, 0) is 17.5 Å². The van der Waals surface area contributed by atoms with Crippen LogP contribution in [-0.4, -0.2) is 46.0 Å². The van der Waals surface area contributed by atoms with Gasteiger partial charge in [-0.15, -0.1) is 0 Å². The molecule has 2 aromatic rings. The zero-order valence-corrected chi connectivity index (χ0v) is 17.0. The number of carbonyl (C=O) groups is 1. The monoisotopic (exact) mass is 393 g/mol. The quantitative estimate of drug-likeness (QED) is 0.790. The zero-order chi connectivity index (χ0) is 19.4. The molecule has 0 saturated carbocycles. The maximum Gasteiger partial charge on any atom is 0.238 e. The Morgan fingerprint density at radius 1 is 0.964 bits per heavy atom. The maximum absolute atomic E-state index is 12.6. The molecule has 28 heavy (non-hydrogen) atoms. The first-order chi connectivity index (χ1) is 13.7. The Balaban J connectivity index is 1.35. The van der Waals surface area contributed by atoms with Crippen LogP contribution in [0.15, 0.2) is 60.7 Å². The highest BCUT2D eigenvalue weighted by Gasteiger charge is 2.46. The molecule has 2 aromatic carbocycles. The topological polar surface area (TPSA) is 35.6 Å². The second-order valence-electron chi connectivity index (χ2n) is 7.72. The molecule has 2 saturated heterocycles. The molecule has 4 nitrogen and oxygen atoms in total. The minimum absolute atomic E-state index is 0.198. The molecule has 146 valence electrons. The summed E-state index contributed by atoms with van der Waals surface area (Å²) < 4.78 is 0. The first-order valence-corrected chi connectivity index (χ1v) is 10.5. The number of rotatable bonds is 5. The Morgan fingerprint density at radius 2 is 1.57 bits per heavy atom. The van der Waals surface area contributed by atoms with Gasteiger partial charge in [-0.25, -0.2) is 0 Å². The molecule has 2 aliphatic heterocycles. The number of aryl methyl sites for hydroxylation is 1. The Bertz CT molecular complexity index is 816. The van der Waals surface area contributed by atoms with Crippen molar-refractivity contribution in [3.8, 4) is 0 Å². The van der Waals surface area contributed by atoms with Gasteiger partial charge in [0.15, 0.2) is 0 Å². The molecule has 0 atom stereocenters. The van der Waals surface area contributed by atoms with Crippen molar-refractivity contribution < 1.29 is 4.79 Å². The first kappa shape index (κ1) is 19.1. The number of carbonyl (C=O) groups excluding carboxylic acids is 1. The van der Waals surface area contributed by atoms with Gasteiger partial charge < -0.3 is 9.80 Å². The fourth-order valence-electron chi connectivity index (χ4n) is 4.30. The van der Waals surface area contributed by atoms with Crippen LogP contribution in [-0.2, 0) is 17.8 Å². The molecule has 1 amide bonds. The number of hydrogen-bond donors (Lipinski definition) is 1. The third-order valence-corrected chi connectivity index (χ3v) is 6.45. The molecule has 4 rings (SSSR count). The zero-order valence-electron chi connectivity index (χ0n) is 16.1. The van der Waals surface area contributed by atoms with Crippen molar-refractivity contribution in [3.63, 3.8) is 0 Å². The van der Waals surface area contributed by atoms with Crippen LogP contribution in [0.4, 0.5) is 0 Å². The Kier molecular flexibility index (Phi) is 5.74. The lowest BCUT2D eigenvalue weighted by Gasteiger charge is -2.45. The van der Waals surface area contributed by atoms with Gasteiger partial charge in [-0.2, -0.15) is 0 Å². The molecule has 5 heteroatoms. The van der Waals surface area contributed by atoms with E-state index in [1.54, 1.807) is 0 Å². The van der Waals surface area contributed by atoms with Crippen LogP contribution in [0.5, 0.6) is 0 Å². The van der Waals surface area contributed by atoms with Crippen molar-refractivity contribution >= 4 is 23.1 Å². The number of likely N-dealkylation sites (tertiary alicyclic amines) is 1. The van der Waals surface area contributed by atoms with E-state index in [0.717, 1.165) is 43.8 Å². The van der Waals surface area contributed by atoms with E-state index in [-0.39, 0.29) is 11.6 Å². The van der Waals surface area contributed by atoms with E-state index in [9.17, 15) is 4.79 Å². The largest absolute Gasteiger partial charge is 0.366 e. The van der Waals surface area contributed by atoms with Crippen molar-refractivity contribution in [2.75, 3.05) is 19.6 Å². The van der Waals surface area contributed by atoms with E-state index in [0.29, 0.717) is 13.1 Å². The van der Waals surface area contributed by atoms with Crippen molar-refractivity contribution in [2.24, 2.45) is 0 Å². The average molecular weight is 394 g/mol. The molecule has 2 fully saturated rings. The van der Waals surface area contributed by atoms with Crippen LogP contribution < -0.4 is 5.32 Å². The molecule has 2 aliphatic rings. The van der Waals surface area contributed by atoms with Crippen molar-refractivity contribution in [3.05, 3.63) is 71.8 Å². The Labute approximate surface area is 172 Å².